The Morgan fingerprint density at radius 3 is 2.63 bits per heavy atom. The van der Waals surface area contributed by atoms with Crippen molar-refractivity contribution in [3.05, 3.63) is 40.2 Å². The second-order valence-electron chi connectivity index (χ2n) is 4.03. The summed E-state index contributed by atoms with van der Waals surface area (Å²) in [4.78, 5) is 5.17. The second kappa shape index (κ2) is 5.71. The van der Waals surface area contributed by atoms with E-state index in [1.165, 1.54) is 17.4 Å². The minimum atomic E-state index is -1.46. The summed E-state index contributed by atoms with van der Waals surface area (Å²) in [5, 5.41) is 3.51. The quantitative estimate of drug-likeness (QED) is 0.868. The molecule has 0 radical (unpaired) electrons. The molecule has 0 aliphatic carbocycles. The van der Waals surface area contributed by atoms with Crippen molar-refractivity contribution in [2.75, 3.05) is 6.54 Å². The summed E-state index contributed by atoms with van der Waals surface area (Å²) < 4.78 is 39.8. The van der Waals surface area contributed by atoms with Crippen LogP contribution in [-0.2, 0) is 6.54 Å². The van der Waals surface area contributed by atoms with Crippen molar-refractivity contribution >= 4 is 11.3 Å². The van der Waals surface area contributed by atoms with Crippen LogP contribution < -0.4 is 5.32 Å². The van der Waals surface area contributed by atoms with Gasteiger partial charge in [0.15, 0.2) is 17.5 Å². The Morgan fingerprint density at radius 1 is 1.21 bits per heavy atom. The third kappa shape index (κ3) is 2.79. The first-order valence-electron chi connectivity index (χ1n) is 5.85. The molecule has 2 aromatic rings. The zero-order valence-corrected chi connectivity index (χ0v) is 11.4. The standard InChI is InChI=1S/C13H13F3N2S/c1-3-17-6-10-7(2)18-13(19-10)8-4-5-9(14)12(16)11(8)15/h4-5,17H,3,6H2,1-2H3. The first-order chi connectivity index (χ1) is 9.04. The van der Waals surface area contributed by atoms with E-state index in [1.807, 2.05) is 13.8 Å². The van der Waals surface area contributed by atoms with E-state index in [0.29, 0.717) is 11.6 Å². The largest absolute Gasteiger partial charge is 0.312 e. The van der Waals surface area contributed by atoms with Gasteiger partial charge in [-0.2, -0.15) is 0 Å². The molecule has 0 saturated carbocycles. The van der Waals surface area contributed by atoms with Gasteiger partial charge in [0.2, 0.25) is 0 Å². The second-order valence-corrected chi connectivity index (χ2v) is 5.11. The van der Waals surface area contributed by atoms with Gasteiger partial charge < -0.3 is 5.32 Å². The molecule has 1 aromatic heterocycles. The van der Waals surface area contributed by atoms with Gasteiger partial charge in [-0.3, -0.25) is 0 Å². The van der Waals surface area contributed by atoms with E-state index in [1.54, 1.807) is 0 Å². The number of rotatable bonds is 4. The molecule has 1 aromatic carbocycles. The highest BCUT2D eigenvalue weighted by Crippen LogP contribution is 2.31. The maximum atomic E-state index is 13.7. The van der Waals surface area contributed by atoms with E-state index in [9.17, 15) is 13.2 Å². The predicted octanol–water partition coefficient (Wildman–Crippen LogP) is 3.65. The molecule has 0 unspecified atom stereocenters. The average Bonchev–Trinajstić information content (AvgIpc) is 2.75. The van der Waals surface area contributed by atoms with Crippen molar-refractivity contribution in [1.29, 1.82) is 0 Å². The molecule has 19 heavy (non-hydrogen) atoms. The summed E-state index contributed by atoms with van der Waals surface area (Å²) in [5.74, 6) is -3.84. The van der Waals surface area contributed by atoms with Crippen LogP contribution in [0.5, 0.6) is 0 Å². The van der Waals surface area contributed by atoms with Crippen LogP contribution in [-0.4, -0.2) is 11.5 Å². The Labute approximate surface area is 113 Å². The highest BCUT2D eigenvalue weighted by Gasteiger charge is 2.18. The van der Waals surface area contributed by atoms with E-state index in [-0.39, 0.29) is 5.56 Å². The number of halogens is 3. The van der Waals surface area contributed by atoms with Crippen LogP contribution in [0.25, 0.3) is 10.6 Å². The van der Waals surface area contributed by atoms with Crippen LogP contribution in [0, 0.1) is 24.4 Å². The molecule has 0 atom stereocenters. The molecule has 102 valence electrons. The Bertz CT molecular complexity index is 596. The minimum absolute atomic E-state index is 0.00486. The first-order valence-corrected chi connectivity index (χ1v) is 6.67. The van der Waals surface area contributed by atoms with Crippen molar-refractivity contribution in [2.24, 2.45) is 0 Å². The molecule has 1 N–H and O–H groups in total. The van der Waals surface area contributed by atoms with Crippen LogP contribution in [0.3, 0.4) is 0 Å². The van der Waals surface area contributed by atoms with E-state index < -0.39 is 17.5 Å². The van der Waals surface area contributed by atoms with E-state index in [0.717, 1.165) is 23.2 Å². The average molecular weight is 286 g/mol. The Morgan fingerprint density at radius 2 is 1.95 bits per heavy atom. The number of hydrogen-bond donors (Lipinski definition) is 1. The van der Waals surface area contributed by atoms with E-state index >= 15 is 0 Å². The monoisotopic (exact) mass is 286 g/mol. The fourth-order valence-electron chi connectivity index (χ4n) is 1.64. The van der Waals surface area contributed by atoms with Gasteiger partial charge in [-0.25, -0.2) is 18.2 Å². The topological polar surface area (TPSA) is 24.9 Å². The van der Waals surface area contributed by atoms with Crippen molar-refractivity contribution in [1.82, 2.24) is 10.3 Å². The molecule has 2 nitrogen and oxygen atoms in total. The molecule has 0 aliphatic heterocycles. The molecule has 0 saturated heterocycles. The number of thiazole rings is 1. The van der Waals surface area contributed by atoms with Crippen LogP contribution in [0.1, 0.15) is 17.5 Å². The number of benzene rings is 1. The van der Waals surface area contributed by atoms with Gasteiger partial charge in [-0.05, 0) is 25.6 Å². The highest BCUT2D eigenvalue weighted by atomic mass is 32.1. The van der Waals surface area contributed by atoms with Crippen molar-refractivity contribution in [3.8, 4) is 10.6 Å². The normalized spacial score (nSPS) is 11.0. The van der Waals surface area contributed by atoms with E-state index in [2.05, 4.69) is 10.3 Å². The number of aryl methyl sites for hydroxylation is 1. The summed E-state index contributed by atoms with van der Waals surface area (Å²) >= 11 is 1.28. The molecule has 0 spiro atoms. The molecule has 0 fully saturated rings. The first kappa shape index (κ1) is 14.0. The molecule has 0 amide bonds. The third-order valence-corrected chi connectivity index (χ3v) is 3.88. The summed E-state index contributed by atoms with van der Waals surface area (Å²) in [6, 6.07) is 2.12. The van der Waals surface area contributed by atoms with Crippen molar-refractivity contribution < 1.29 is 13.2 Å². The fraction of sp³-hybridized carbons (Fsp3) is 0.308. The molecule has 1 heterocycles. The van der Waals surface area contributed by atoms with Crippen molar-refractivity contribution in [3.63, 3.8) is 0 Å². The van der Waals surface area contributed by atoms with Gasteiger partial charge in [0, 0.05) is 17.0 Å². The lowest BCUT2D eigenvalue weighted by Crippen LogP contribution is -2.11. The molecular weight excluding hydrogens is 273 g/mol. The highest BCUT2D eigenvalue weighted by molar-refractivity contribution is 7.15. The fourth-order valence-corrected chi connectivity index (χ4v) is 2.69. The molecular formula is C13H13F3N2S. The lowest BCUT2D eigenvalue weighted by atomic mass is 10.2. The van der Waals surface area contributed by atoms with Gasteiger partial charge in [0.25, 0.3) is 0 Å². The Balaban J connectivity index is 2.40. The van der Waals surface area contributed by atoms with Gasteiger partial charge in [0.1, 0.15) is 5.01 Å². The molecule has 2 rings (SSSR count). The van der Waals surface area contributed by atoms with Gasteiger partial charge in [-0.1, -0.05) is 6.92 Å². The number of nitrogens with one attached hydrogen (secondary N) is 1. The number of aromatic nitrogens is 1. The summed E-state index contributed by atoms with van der Waals surface area (Å²) in [6.07, 6.45) is 0. The molecule has 6 heteroatoms. The van der Waals surface area contributed by atoms with Crippen LogP contribution in [0.4, 0.5) is 13.2 Å². The lowest BCUT2D eigenvalue weighted by molar-refractivity contribution is 0.449. The molecule has 0 aliphatic rings. The lowest BCUT2D eigenvalue weighted by Gasteiger charge is -2.00. The Kier molecular flexibility index (Phi) is 4.21. The summed E-state index contributed by atoms with van der Waals surface area (Å²) in [6.45, 7) is 5.23. The van der Waals surface area contributed by atoms with Crippen LogP contribution >= 0.6 is 11.3 Å². The SMILES string of the molecule is CCNCc1sc(-c2ccc(F)c(F)c2F)nc1C. The smallest absolute Gasteiger partial charge is 0.195 e. The minimum Gasteiger partial charge on any atom is -0.312 e. The van der Waals surface area contributed by atoms with Crippen LogP contribution in [0.2, 0.25) is 0 Å². The summed E-state index contributed by atoms with van der Waals surface area (Å²) in [5.41, 5.74) is 0.764. The Hall–Kier alpha value is -1.40. The predicted molar refractivity (Wildman–Crippen MR) is 69.5 cm³/mol. The van der Waals surface area contributed by atoms with Crippen molar-refractivity contribution in [2.45, 2.75) is 20.4 Å². The zero-order chi connectivity index (χ0) is 14.0. The van der Waals surface area contributed by atoms with Gasteiger partial charge >= 0.3 is 0 Å². The summed E-state index contributed by atoms with van der Waals surface area (Å²) in [7, 11) is 0. The zero-order valence-electron chi connectivity index (χ0n) is 10.6. The molecule has 0 bridgehead atoms. The number of hydrogen-bond acceptors (Lipinski definition) is 3. The van der Waals surface area contributed by atoms with Crippen LogP contribution in [0.15, 0.2) is 12.1 Å². The maximum absolute atomic E-state index is 13.7. The maximum Gasteiger partial charge on any atom is 0.195 e. The third-order valence-electron chi connectivity index (χ3n) is 2.69. The van der Waals surface area contributed by atoms with Gasteiger partial charge in [-0.15, -0.1) is 11.3 Å². The van der Waals surface area contributed by atoms with Gasteiger partial charge in [0.05, 0.1) is 5.69 Å². The number of nitrogens with zero attached hydrogens (tertiary/aromatic N) is 1. The van der Waals surface area contributed by atoms with E-state index in [4.69, 9.17) is 0 Å².